The van der Waals surface area contributed by atoms with Crippen molar-refractivity contribution in [1.82, 2.24) is 0 Å². The van der Waals surface area contributed by atoms with E-state index >= 15 is 0 Å². The van der Waals surface area contributed by atoms with Crippen LogP contribution in [0.15, 0.2) is 36.5 Å². The summed E-state index contributed by atoms with van der Waals surface area (Å²) >= 11 is 0. The number of ether oxygens (including phenoxy) is 3. The molecule has 6 nitrogen and oxygen atoms in total. The molecular weight excluding hydrogens is 793 g/mol. The lowest BCUT2D eigenvalue weighted by Gasteiger charge is -2.18. The van der Waals surface area contributed by atoms with E-state index in [0.29, 0.717) is 19.3 Å². The molecule has 0 saturated heterocycles. The van der Waals surface area contributed by atoms with Crippen LogP contribution in [-0.2, 0) is 28.6 Å². The van der Waals surface area contributed by atoms with Crippen LogP contribution in [0, 0.1) is 0 Å². The van der Waals surface area contributed by atoms with Gasteiger partial charge in [0, 0.05) is 19.3 Å². The minimum Gasteiger partial charge on any atom is -0.462 e. The maximum Gasteiger partial charge on any atom is 0.306 e. The zero-order chi connectivity index (χ0) is 46.5. The number of carbonyl (C=O) groups is 3. The van der Waals surface area contributed by atoms with E-state index in [4.69, 9.17) is 14.2 Å². The molecule has 0 aliphatic carbocycles. The maximum atomic E-state index is 12.8. The highest BCUT2D eigenvalue weighted by Crippen LogP contribution is 2.16. The van der Waals surface area contributed by atoms with Gasteiger partial charge < -0.3 is 14.2 Å². The van der Waals surface area contributed by atoms with Gasteiger partial charge >= 0.3 is 17.9 Å². The van der Waals surface area contributed by atoms with Crippen molar-refractivity contribution >= 4 is 17.9 Å². The monoisotopic (exact) mass is 899 g/mol. The molecule has 0 spiro atoms. The van der Waals surface area contributed by atoms with Crippen molar-refractivity contribution in [2.75, 3.05) is 13.2 Å². The van der Waals surface area contributed by atoms with Crippen LogP contribution in [0.2, 0.25) is 0 Å². The SMILES string of the molecule is CCCC/C=C\C/C=C\CCCCCCCC(=O)OC[C@H](COC(=O)CCCCCCCCCCCCCCCCCCC)OC(=O)CCCCCCC/C=C\CCCCCCCC. The molecule has 0 amide bonds. The van der Waals surface area contributed by atoms with Crippen LogP contribution in [0.1, 0.15) is 297 Å². The Labute approximate surface area is 397 Å². The van der Waals surface area contributed by atoms with E-state index in [2.05, 4.69) is 57.2 Å². The molecule has 374 valence electrons. The molecule has 0 heterocycles. The van der Waals surface area contributed by atoms with Gasteiger partial charge in [-0.2, -0.15) is 0 Å². The second kappa shape index (κ2) is 53.2. The van der Waals surface area contributed by atoms with Crippen LogP contribution in [0.5, 0.6) is 0 Å². The van der Waals surface area contributed by atoms with E-state index in [9.17, 15) is 14.4 Å². The van der Waals surface area contributed by atoms with Crippen molar-refractivity contribution in [2.45, 2.75) is 303 Å². The molecule has 64 heavy (non-hydrogen) atoms. The quantitative estimate of drug-likeness (QED) is 0.0262. The Morgan fingerprint density at radius 3 is 0.922 bits per heavy atom. The van der Waals surface area contributed by atoms with Gasteiger partial charge in [-0.3, -0.25) is 14.4 Å². The van der Waals surface area contributed by atoms with E-state index in [-0.39, 0.29) is 31.1 Å². The number of rotatable bonds is 51. The van der Waals surface area contributed by atoms with Crippen LogP contribution < -0.4 is 0 Å². The summed E-state index contributed by atoms with van der Waals surface area (Å²) in [7, 11) is 0. The minimum atomic E-state index is -0.779. The van der Waals surface area contributed by atoms with Gasteiger partial charge in [-0.05, 0) is 70.6 Å². The summed E-state index contributed by atoms with van der Waals surface area (Å²) in [5.74, 6) is -0.885. The molecule has 1 atom stereocenters. The molecule has 0 aliphatic rings. The fourth-order valence-electron chi connectivity index (χ4n) is 8.10. The van der Waals surface area contributed by atoms with Crippen LogP contribution >= 0.6 is 0 Å². The van der Waals surface area contributed by atoms with E-state index in [1.54, 1.807) is 0 Å². The number of carbonyl (C=O) groups excluding carboxylic acids is 3. The highest BCUT2D eigenvalue weighted by molar-refractivity contribution is 5.71. The molecule has 0 aliphatic heterocycles. The zero-order valence-corrected chi connectivity index (χ0v) is 42.8. The molecule has 6 heteroatoms. The summed E-state index contributed by atoms with van der Waals surface area (Å²) in [6, 6.07) is 0. The fourth-order valence-corrected chi connectivity index (χ4v) is 8.10. The summed E-state index contributed by atoms with van der Waals surface area (Å²) in [5.41, 5.74) is 0. The number of hydrogen-bond donors (Lipinski definition) is 0. The van der Waals surface area contributed by atoms with Gasteiger partial charge in [0.05, 0.1) is 0 Å². The molecule has 0 aromatic heterocycles. The first-order valence-corrected chi connectivity index (χ1v) is 28.0. The molecule has 0 bridgehead atoms. The molecule has 0 radical (unpaired) electrons. The van der Waals surface area contributed by atoms with Crippen LogP contribution in [0.4, 0.5) is 0 Å². The van der Waals surface area contributed by atoms with Crippen molar-refractivity contribution in [3.63, 3.8) is 0 Å². The first-order valence-electron chi connectivity index (χ1n) is 28.0. The number of allylic oxidation sites excluding steroid dienone is 6. The number of esters is 3. The van der Waals surface area contributed by atoms with Crippen molar-refractivity contribution in [2.24, 2.45) is 0 Å². The molecule has 0 aromatic carbocycles. The number of unbranched alkanes of at least 4 members (excludes halogenated alkanes) is 34. The van der Waals surface area contributed by atoms with Gasteiger partial charge in [0.2, 0.25) is 0 Å². The Morgan fingerprint density at radius 1 is 0.312 bits per heavy atom. The van der Waals surface area contributed by atoms with Crippen LogP contribution in [0.25, 0.3) is 0 Å². The molecular formula is C58H106O6. The predicted molar refractivity (Wildman–Crippen MR) is 275 cm³/mol. The Kier molecular flexibility index (Phi) is 51.3. The smallest absolute Gasteiger partial charge is 0.306 e. The maximum absolute atomic E-state index is 12.8. The lowest BCUT2D eigenvalue weighted by Crippen LogP contribution is -2.30. The second-order valence-electron chi connectivity index (χ2n) is 18.8. The average Bonchev–Trinajstić information content (AvgIpc) is 3.29. The Hall–Kier alpha value is -2.37. The average molecular weight is 899 g/mol. The largest absolute Gasteiger partial charge is 0.462 e. The van der Waals surface area contributed by atoms with Gasteiger partial charge in [0.1, 0.15) is 13.2 Å². The molecule has 0 aromatic rings. The topological polar surface area (TPSA) is 78.9 Å². The molecule has 0 rings (SSSR count). The first kappa shape index (κ1) is 61.6. The molecule has 0 saturated carbocycles. The third-order valence-corrected chi connectivity index (χ3v) is 12.4. The standard InChI is InChI=1S/C58H106O6/c1-4-7-10-13-16-19-22-25-28-29-31-33-36-39-42-45-48-51-57(60)63-54-55(53-62-56(59)50-47-44-41-38-35-32-27-24-21-18-15-12-9-6-3)64-58(61)52-49-46-43-40-37-34-30-26-23-20-17-14-11-8-5-2/h15,18,24,26-27,30,55H,4-14,16-17,19-23,25,28-29,31-54H2,1-3H3/b18-15-,27-24-,30-26-/t55-/m1/s1. The highest BCUT2D eigenvalue weighted by Gasteiger charge is 2.19. The van der Waals surface area contributed by atoms with Crippen LogP contribution in [0.3, 0.4) is 0 Å². The normalized spacial score (nSPS) is 12.2. The summed E-state index contributed by atoms with van der Waals surface area (Å²) in [5, 5.41) is 0. The minimum absolute atomic E-state index is 0.0766. The van der Waals surface area contributed by atoms with Crippen molar-refractivity contribution in [3.05, 3.63) is 36.5 Å². The van der Waals surface area contributed by atoms with E-state index in [1.807, 2.05) is 0 Å². The lowest BCUT2D eigenvalue weighted by molar-refractivity contribution is -0.167. The van der Waals surface area contributed by atoms with Crippen LogP contribution in [-0.4, -0.2) is 37.2 Å². The van der Waals surface area contributed by atoms with Gasteiger partial charge in [-0.15, -0.1) is 0 Å². The fraction of sp³-hybridized carbons (Fsp3) is 0.845. The van der Waals surface area contributed by atoms with Gasteiger partial charge in [-0.1, -0.05) is 243 Å². The van der Waals surface area contributed by atoms with E-state index in [1.165, 1.54) is 173 Å². The first-order chi connectivity index (χ1) is 31.5. The summed E-state index contributed by atoms with van der Waals surface area (Å²) in [6.07, 6.45) is 62.7. The van der Waals surface area contributed by atoms with Crippen molar-refractivity contribution in [1.29, 1.82) is 0 Å². The lowest BCUT2D eigenvalue weighted by atomic mass is 10.0. The molecule has 0 fully saturated rings. The van der Waals surface area contributed by atoms with Gasteiger partial charge in [0.15, 0.2) is 6.10 Å². The Balaban J connectivity index is 4.36. The zero-order valence-electron chi connectivity index (χ0n) is 42.8. The summed E-state index contributed by atoms with van der Waals surface area (Å²) in [4.78, 5) is 38.1. The summed E-state index contributed by atoms with van der Waals surface area (Å²) < 4.78 is 16.8. The van der Waals surface area contributed by atoms with Crippen molar-refractivity contribution in [3.8, 4) is 0 Å². The second-order valence-corrected chi connectivity index (χ2v) is 18.8. The highest BCUT2D eigenvalue weighted by atomic mass is 16.6. The summed E-state index contributed by atoms with van der Waals surface area (Å²) in [6.45, 7) is 6.61. The van der Waals surface area contributed by atoms with Gasteiger partial charge in [-0.25, -0.2) is 0 Å². The number of hydrogen-bond acceptors (Lipinski definition) is 6. The molecule has 0 unspecified atom stereocenters. The predicted octanol–water partition coefficient (Wildman–Crippen LogP) is 18.5. The third-order valence-electron chi connectivity index (χ3n) is 12.4. The van der Waals surface area contributed by atoms with Gasteiger partial charge in [0.25, 0.3) is 0 Å². The Morgan fingerprint density at radius 2 is 0.578 bits per heavy atom. The Bertz CT molecular complexity index is 1080. The third kappa shape index (κ3) is 50.6. The van der Waals surface area contributed by atoms with Crippen molar-refractivity contribution < 1.29 is 28.6 Å². The molecule has 0 N–H and O–H groups in total. The van der Waals surface area contributed by atoms with E-state index < -0.39 is 6.10 Å². The van der Waals surface area contributed by atoms with E-state index in [0.717, 1.165) is 83.5 Å².